The van der Waals surface area contributed by atoms with Gasteiger partial charge in [-0.05, 0) is 42.9 Å². The summed E-state index contributed by atoms with van der Waals surface area (Å²) in [6.45, 7) is 4.96. The van der Waals surface area contributed by atoms with Crippen LogP contribution in [0.4, 0.5) is 5.69 Å². The summed E-state index contributed by atoms with van der Waals surface area (Å²) in [6.07, 6.45) is 1.23. The van der Waals surface area contributed by atoms with Crippen LogP contribution in [0.15, 0.2) is 16.6 Å². The van der Waals surface area contributed by atoms with Crippen molar-refractivity contribution in [2.24, 2.45) is 11.8 Å². The van der Waals surface area contributed by atoms with Gasteiger partial charge in [0, 0.05) is 29.3 Å². The van der Waals surface area contributed by atoms with Crippen molar-refractivity contribution in [3.63, 3.8) is 0 Å². The number of nitrogens with zero attached hydrogens (tertiary/aromatic N) is 1. The molecule has 0 aliphatic heterocycles. The SMILES string of the molecule is Cc1c(N)cc(Br)cc1C(=O)N(C)CC1CC1C. The van der Waals surface area contributed by atoms with E-state index in [4.69, 9.17) is 5.73 Å². The number of rotatable bonds is 3. The highest BCUT2D eigenvalue weighted by Crippen LogP contribution is 2.38. The quantitative estimate of drug-likeness (QED) is 0.872. The van der Waals surface area contributed by atoms with Crippen LogP contribution in [-0.4, -0.2) is 24.4 Å². The lowest BCUT2D eigenvalue weighted by molar-refractivity contribution is 0.0786. The highest BCUT2D eigenvalue weighted by atomic mass is 79.9. The molecule has 3 nitrogen and oxygen atoms in total. The molecule has 1 aromatic carbocycles. The summed E-state index contributed by atoms with van der Waals surface area (Å²) in [7, 11) is 1.86. The van der Waals surface area contributed by atoms with E-state index < -0.39 is 0 Å². The molecular formula is C14H19BrN2O. The molecule has 1 aliphatic rings. The Morgan fingerprint density at radius 3 is 2.72 bits per heavy atom. The van der Waals surface area contributed by atoms with Gasteiger partial charge in [0.2, 0.25) is 0 Å². The Labute approximate surface area is 116 Å². The standard InChI is InChI=1S/C14H19BrN2O/c1-8-4-10(8)7-17(3)14(18)12-5-11(15)6-13(16)9(12)2/h5-6,8,10H,4,7,16H2,1-3H3. The molecule has 0 bridgehead atoms. The molecule has 0 aromatic heterocycles. The second kappa shape index (κ2) is 4.92. The first-order valence-electron chi connectivity index (χ1n) is 6.21. The Balaban J connectivity index is 2.17. The van der Waals surface area contributed by atoms with Gasteiger partial charge in [-0.2, -0.15) is 0 Å². The number of carbonyl (C=O) groups is 1. The molecule has 0 saturated heterocycles. The molecule has 1 fully saturated rings. The lowest BCUT2D eigenvalue weighted by atomic mass is 10.1. The largest absolute Gasteiger partial charge is 0.398 e. The minimum atomic E-state index is 0.0552. The number of hydrogen-bond acceptors (Lipinski definition) is 2. The van der Waals surface area contributed by atoms with Gasteiger partial charge in [0.25, 0.3) is 5.91 Å². The third kappa shape index (κ3) is 2.69. The molecule has 2 unspecified atom stereocenters. The Hall–Kier alpha value is -1.03. The van der Waals surface area contributed by atoms with Crippen LogP contribution in [-0.2, 0) is 0 Å². The predicted molar refractivity (Wildman–Crippen MR) is 77.5 cm³/mol. The highest BCUT2D eigenvalue weighted by molar-refractivity contribution is 9.10. The van der Waals surface area contributed by atoms with Gasteiger partial charge in [0.1, 0.15) is 0 Å². The molecule has 2 N–H and O–H groups in total. The molecule has 98 valence electrons. The highest BCUT2D eigenvalue weighted by Gasteiger charge is 2.34. The second-order valence-electron chi connectivity index (χ2n) is 5.33. The smallest absolute Gasteiger partial charge is 0.253 e. The molecule has 0 radical (unpaired) electrons. The molecule has 18 heavy (non-hydrogen) atoms. The summed E-state index contributed by atoms with van der Waals surface area (Å²) in [4.78, 5) is 14.2. The van der Waals surface area contributed by atoms with E-state index in [2.05, 4.69) is 22.9 Å². The number of nitrogens with two attached hydrogens (primary N) is 1. The van der Waals surface area contributed by atoms with E-state index in [1.807, 2.05) is 31.0 Å². The van der Waals surface area contributed by atoms with Crippen molar-refractivity contribution in [2.45, 2.75) is 20.3 Å². The number of halogens is 1. The van der Waals surface area contributed by atoms with E-state index in [1.165, 1.54) is 6.42 Å². The van der Waals surface area contributed by atoms with Gasteiger partial charge in [-0.1, -0.05) is 22.9 Å². The van der Waals surface area contributed by atoms with Crippen LogP contribution in [0, 0.1) is 18.8 Å². The molecule has 1 saturated carbocycles. The van der Waals surface area contributed by atoms with Crippen molar-refractivity contribution in [3.8, 4) is 0 Å². The van der Waals surface area contributed by atoms with Gasteiger partial charge in [-0.3, -0.25) is 4.79 Å². The van der Waals surface area contributed by atoms with Crippen molar-refractivity contribution in [2.75, 3.05) is 19.3 Å². The van der Waals surface area contributed by atoms with Crippen LogP contribution < -0.4 is 5.73 Å². The summed E-state index contributed by atoms with van der Waals surface area (Å²) in [5, 5.41) is 0. The minimum absolute atomic E-state index is 0.0552. The molecule has 1 amide bonds. The number of carbonyl (C=O) groups excluding carboxylic acids is 1. The number of anilines is 1. The normalized spacial score (nSPS) is 21.8. The Bertz CT molecular complexity index is 487. The van der Waals surface area contributed by atoms with E-state index in [-0.39, 0.29) is 5.91 Å². The summed E-state index contributed by atoms with van der Waals surface area (Å²) in [5.41, 5.74) is 8.10. The zero-order valence-electron chi connectivity index (χ0n) is 11.0. The monoisotopic (exact) mass is 310 g/mol. The fraction of sp³-hybridized carbons (Fsp3) is 0.500. The number of benzene rings is 1. The molecule has 0 heterocycles. The van der Waals surface area contributed by atoms with Crippen molar-refractivity contribution < 1.29 is 4.79 Å². The van der Waals surface area contributed by atoms with Crippen molar-refractivity contribution in [1.82, 2.24) is 4.90 Å². The number of hydrogen-bond donors (Lipinski definition) is 1. The van der Waals surface area contributed by atoms with Gasteiger partial charge >= 0.3 is 0 Å². The summed E-state index contributed by atoms with van der Waals surface area (Å²) >= 11 is 3.39. The van der Waals surface area contributed by atoms with E-state index in [0.29, 0.717) is 17.2 Å². The number of amides is 1. The topological polar surface area (TPSA) is 46.3 Å². The van der Waals surface area contributed by atoms with Crippen LogP contribution in [0.25, 0.3) is 0 Å². The van der Waals surface area contributed by atoms with Crippen molar-refractivity contribution >= 4 is 27.5 Å². The Morgan fingerprint density at radius 1 is 1.56 bits per heavy atom. The summed E-state index contributed by atoms with van der Waals surface area (Å²) in [5.74, 6) is 1.48. The fourth-order valence-corrected chi connectivity index (χ4v) is 2.69. The van der Waals surface area contributed by atoms with Crippen molar-refractivity contribution in [3.05, 3.63) is 27.7 Å². The third-order valence-corrected chi connectivity index (χ3v) is 4.23. The maximum atomic E-state index is 12.4. The lowest BCUT2D eigenvalue weighted by Crippen LogP contribution is -2.29. The third-order valence-electron chi connectivity index (χ3n) is 3.77. The predicted octanol–water partition coefficient (Wildman–Crippen LogP) is 3.07. The van der Waals surface area contributed by atoms with Crippen LogP contribution in [0.5, 0.6) is 0 Å². The summed E-state index contributed by atoms with van der Waals surface area (Å²) < 4.78 is 0.849. The second-order valence-corrected chi connectivity index (χ2v) is 6.24. The van der Waals surface area contributed by atoms with Crippen LogP contribution in [0.1, 0.15) is 29.3 Å². The molecule has 0 spiro atoms. The van der Waals surface area contributed by atoms with E-state index in [0.717, 1.165) is 22.5 Å². The van der Waals surface area contributed by atoms with E-state index in [1.54, 1.807) is 0 Å². The first kappa shape index (κ1) is 13.4. The molecular weight excluding hydrogens is 292 g/mol. The lowest BCUT2D eigenvalue weighted by Gasteiger charge is -2.19. The van der Waals surface area contributed by atoms with Crippen molar-refractivity contribution in [1.29, 1.82) is 0 Å². The maximum absolute atomic E-state index is 12.4. The van der Waals surface area contributed by atoms with Crippen LogP contribution in [0.2, 0.25) is 0 Å². The van der Waals surface area contributed by atoms with Gasteiger partial charge in [0.15, 0.2) is 0 Å². The zero-order chi connectivity index (χ0) is 13.4. The molecule has 4 heteroatoms. The van der Waals surface area contributed by atoms with E-state index >= 15 is 0 Å². The molecule has 1 aromatic rings. The first-order chi connectivity index (χ1) is 8.40. The summed E-state index contributed by atoms with van der Waals surface area (Å²) in [6, 6.07) is 3.68. The van der Waals surface area contributed by atoms with Crippen LogP contribution >= 0.6 is 15.9 Å². The van der Waals surface area contributed by atoms with Gasteiger partial charge in [0.05, 0.1) is 0 Å². The minimum Gasteiger partial charge on any atom is -0.398 e. The van der Waals surface area contributed by atoms with Gasteiger partial charge < -0.3 is 10.6 Å². The zero-order valence-corrected chi connectivity index (χ0v) is 12.6. The number of nitrogen functional groups attached to an aromatic ring is 1. The average Bonchev–Trinajstić information content (AvgIpc) is 2.98. The first-order valence-corrected chi connectivity index (χ1v) is 7.00. The maximum Gasteiger partial charge on any atom is 0.253 e. The molecule has 1 aliphatic carbocycles. The Morgan fingerprint density at radius 2 is 2.17 bits per heavy atom. The fourth-order valence-electron chi connectivity index (χ4n) is 2.22. The Kier molecular flexibility index (Phi) is 3.66. The van der Waals surface area contributed by atoms with Gasteiger partial charge in [-0.25, -0.2) is 0 Å². The molecule has 2 atom stereocenters. The van der Waals surface area contributed by atoms with Crippen LogP contribution in [0.3, 0.4) is 0 Å². The van der Waals surface area contributed by atoms with Gasteiger partial charge in [-0.15, -0.1) is 0 Å². The average molecular weight is 311 g/mol. The van der Waals surface area contributed by atoms with E-state index in [9.17, 15) is 4.79 Å². The molecule has 2 rings (SSSR count).